The third-order valence-corrected chi connectivity index (χ3v) is 3.25. The van der Waals surface area contributed by atoms with Crippen molar-refractivity contribution in [2.45, 2.75) is 13.8 Å². The minimum absolute atomic E-state index is 0.943. The number of allylic oxidation sites excluding steroid dienone is 6. The van der Waals surface area contributed by atoms with Crippen LogP contribution in [0.4, 0.5) is 5.69 Å². The van der Waals surface area contributed by atoms with E-state index in [1.807, 2.05) is 13.8 Å². The van der Waals surface area contributed by atoms with E-state index < -0.39 is 0 Å². The molecule has 0 amide bonds. The predicted octanol–water partition coefficient (Wildman–Crippen LogP) is 3.64. The van der Waals surface area contributed by atoms with Crippen LogP contribution in [0.3, 0.4) is 0 Å². The molecule has 90 valence electrons. The quantitative estimate of drug-likeness (QED) is 0.628. The van der Waals surface area contributed by atoms with Gasteiger partial charge in [0.15, 0.2) is 6.21 Å². The molecule has 0 spiro atoms. The van der Waals surface area contributed by atoms with Crippen molar-refractivity contribution in [2.24, 2.45) is 0 Å². The number of hydrogen-bond donors (Lipinski definition) is 0. The molecule has 0 unspecified atom stereocenters. The monoisotopic (exact) mass is 238 g/mol. The molecule has 1 aromatic carbocycles. The fourth-order valence-corrected chi connectivity index (χ4v) is 2.52. The average Bonchev–Trinajstić information content (AvgIpc) is 2.66. The Kier molecular flexibility index (Phi) is 2.44. The van der Waals surface area contributed by atoms with E-state index in [1.54, 1.807) is 0 Å². The van der Waals surface area contributed by atoms with E-state index >= 15 is 0 Å². The number of benzene rings is 1. The second kappa shape index (κ2) is 3.98. The van der Waals surface area contributed by atoms with Crippen molar-refractivity contribution in [1.82, 2.24) is 0 Å². The lowest BCUT2D eigenvalue weighted by atomic mass is 9.99. The van der Waals surface area contributed by atoms with Gasteiger partial charge in [-0.3, -0.25) is 0 Å². The van der Waals surface area contributed by atoms with Crippen LogP contribution in [0.25, 0.3) is 5.57 Å². The maximum Gasteiger partial charge on any atom is 0.213 e. The van der Waals surface area contributed by atoms with E-state index in [2.05, 4.69) is 54.3 Å². The van der Waals surface area contributed by atoms with E-state index in [1.165, 1.54) is 22.4 Å². The van der Waals surface area contributed by atoms with Crippen LogP contribution in [0.2, 0.25) is 0 Å². The van der Waals surface area contributed by atoms with Crippen molar-refractivity contribution in [3.8, 4) is 0 Å². The Balaban J connectivity index is 2.23. The van der Waals surface area contributed by atoms with Gasteiger partial charge in [-0.2, -0.15) is 0 Å². The molecule has 0 N–H and O–H groups in total. The molecular formula is C16H16NO+. The molecule has 0 bridgehead atoms. The molecule has 18 heavy (non-hydrogen) atoms. The summed E-state index contributed by atoms with van der Waals surface area (Å²) in [5, 5.41) is 0. The van der Waals surface area contributed by atoms with Gasteiger partial charge in [-0.15, -0.1) is 0 Å². The Bertz CT molecular complexity index is 625. The lowest BCUT2D eigenvalue weighted by Gasteiger charge is -2.13. The summed E-state index contributed by atoms with van der Waals surface area (Å²) in [4.78, 5) is 0. The normalized spacial score (nSPS) is 17.8. The fourth-order valence-electron chi connectivity index (χ4n) is 2.52. The van der Waals surface area contributed by atoms with Crippen molar-refractivity contribution in [2.75, 3.05) is 7.05 Å². The van der Waals surface area contributed by atoms with Crippen molar-refractivity contribution < 1.29 is 9.31 Å². The largest absolute Gasteiger partial charge is 0.467 e. The zero-order chi connectivity index (χ0) is 12.7. The summed E-state index contributed by atoms with van der Waals surface area (Å²) in [7, 11) is 2.08. The van der Waals surface area contributed by atoms with Gasteiger partial charge in [0.1, 0.15) is 18.6 Å². The topological polar surface area (TPSA) is 12.2 Å². The first-order valence-electron chi connectivity index (χ1n) is 6.11. The van der Waals surface area contributed by atoms with Crippen LogP contribution in [0, 0.1) is 0 Å². The molecule has 2 heteroatoms. The molecule has 1 aromatic rings. The van der Waals surface area contributed by atoms with E-state index in [9.17, 15) is 0 Å². The molecule has 0 saturated heterocycles. The molecule has 3 rings (SSSR count). The Hall–Kier alpha value is -2.09. The Morgan fingerprint density at radius 1 is 1.00 bits per heavy atom. The third-order valence-electron chi connectivity index (χ3n) is 3.25. The molecule has 2 nitrogen and oxygen atoms in total. The SMILES string of the molecule is CC1=CC(=C2C=[N+](C)c3ccccc32)C=C(C)O1. The van der Waals surface area contributed by atoms with Crippen molar-refractivity contribution in [3.05, 3.63) is 59.1 Å². The van der Waals surface area contributed by atoms with Gasteiger partial charge >= 0.3 is 0 Å². The summed E-state index contributed by atoms with van der Waals surface area (Å²) < 4.78 is 7.72. The number of para-hydroxylation sites is 1. The van der Waals surface area contributed by atoms with Gasteiger partial charge in [0, 0.05) is 6.07 Å². The third kappa shape index (κ3) is 1.70. The van der Waals surface area contributed by atoms with Gasteiger partial charge in [-0.05, 0) is 37.6 Å². The first kappa shape index (κ1) is 11.0. The zero-order valence-corrected chi connectivity index (χ0v) is 10.9. The van der Waals surface area contributed by atoms with Crippen LogP contribution in [-0.4, -0.2) is 17.8 Å². The molecule has 0 aromatic heterocycles. The van der Waals surface area contributed by atoms with Crippen LogP contribution < -0.4 is 0 Å². The fraction of sp³-hybridized carbons (Fsp3) is 0.188. The Morgan fingerprint density at radius 3 is 2.39 bits per heavy atom. The van der Waals surface area contributed by atoms with Crippen molar-refractivity contribution in [1.29, 1.82) is 0 Å². The van der Waals surface area contributed by atoms with Gasteiger partial charge in [0.05, 0.1) is 11.1 Å². The van der Waals surface area contributed by atoms with Crippen molar-refractivity contribution in [3.63, 3.8) is 0 Å². The van der Waals surface area contributed by atoms with Gasteiger partial charge in [0.25, 0.3) is 0 Å². The van der Waals surface area contributed by atoms with Crippen molar-refractivity contribution >= 4 is 17.5 Å². The molecule has 0 fully saturated rings. The van der Waals surface area contributed by atoms with E-state index in [0.29, 0.717) is 0 Å². The predicted molar refractivity (Wildman–Crippen MR) is 73.9 cm³/mol. The summed E-state index contributed by atoms with van der Waals surface area (Å²) in [5.41, 5.74) is 5.01. The minimum atomic E-state index is 0.943. The van der Waals surface area contributed by atoms with Gasteiger partial charge in [0.2, 0.25) is 5.69 Å². The van der Waals surface area contributed by atoms with Gasteiger partial charge in [-0.25, -0.2) is 4.58 Å². The smallest absolute Gasteiger partial charge is 0.213 e. The second-order valence-electron chi connectivity index (χ2n) is 4.74. The summed E-state index contributed by atoms with van der Waals surface area (Å²) >= 11 is 0. The van der Waals surface area contributed by atoms with Gasteiger partial charge in [-0.1, -0.05) is 12.1 Å². The van der Waals surface area contributed by atoms with Crippen LogP contribution in [0.15, 0.2) is 53.5 Å². The zero-order valence-electron chi connectivity index (χ0n) is 10.9. The lowest BCUT2D eigenvalue weighted by Crippen LogP contribution is -1.97. The van der Waals surface area contributed by atoms with E-state index in [-0.39, 0.29) is 0 Å². The lowest BCUT2D eigenvalue weighted by molar-refractivity contribution is -0.395. The number of ether oxygens (including phenoxy) is 1. The van der Waals surface area contributed by atoms with E-state index in [0.717, 1.165) is 11.5 Å². The highest BCUT2D eigenvalue weighted by Crippen LogP contribution is 2.34. The van der Waals surface area contributed by atoms with E-state index in [4.69, 9.17) is 4.74 Å². The number of fused-ring (bicyclic) bond motifs is 1. The minimum Gasteiger partial charge on any atom is -0.467 e. The standard InChI is InChI=1S/C16H16NO/c1-11-8-13(9-12(2)18-11)15-10-17(3)16-7-5-4-6-14(15)16/h4-10H,1-3H3/q+1. The van der Waals surface area contributed by atoms with Crippen LogP contribution >= 0.6 is 0 Å². The highest BCUT2D eigenvalue weighted by atomic mass is 16.5. The molecule has 0 saturated carbocycles. The Labute approximate surface area is 107 Å². The molecule has 0 atom stereocenters. The molecule has 2 aliphatic rings. The highest BCUT2D eigenvalue weighted by molar-refractivity contribution is 6.14. The molecule has 2 heterocycles. The first-order chi connectivity index (χ1) is 8.65. The summed E-state index contributed by atoms with van der Waals surface area (Å²) in [6.07, 6.45) is 6.36. The van der Waals surface area contributed by atoms with Crippen LogP contribution in [0.5, 0.6) is 0 Å². The summed E-state index contributed by atoms with van der Waals surface area (Å²) in [5.74, 6) is 1.89. The summed E-state index contributed by atoms with van der Waals surface area (Å²) in [6, 6.07) is 8.47. The van der Waals surface area contributed by atoms with Gasteiger partial charge < -0.3 is 4.74 Å². The molecule has 0 aliphatic carbocycles. The number of hydrogen-bond acceptors (Lipinski definition) is 1. The number of rotatable bonds is 0. The average molecular weight is 238 g/mol. The maximum absolute atomic E-state index is 5.55. The first-order valence-corrected chi connectivity index (χ1v) is 6.11. The van der Waals surface area contributed by atoms with Crippen LogP contribution in [0.1, 0.15) is 19.4 Å². The van der Waals surface area contributed by atoms with Crippen LogP contribution in [-0.2, 0) is 4.74 Å². The maximum atomic E-state index is 5.55. The second-order valence-corrected chi connectivity index (χ2v) is 4.74. The molecular weight excluding hydrogens is 222 g/mol. The number of nitrogens with zero attached hydrogens (tertiary/aromatic N) is 1. The molecule has 2 aliphatic heterocycles. The highest BCUT2D eigenvalue weighted by Gasteiger charge is 2.25. The Morgan fingerprint density at radius 2 is 1.67 bits per heavy atom. The molecule has 0 radical (unpaired) electrons. The summed E-state index contributed by atoms with van der Waals surface area (Å²) in [6.45, 7) is 3.98.